The molecular formula is C15H19ClN2. The molecule has 0 radical (unpaired) electrons. The van der Waals surface area contributed by atoms with Crippen LogP contribution in [0.4, 0.5) is 5.69 Å². The molecule has 18 heavy (non-hydrogen) atoms. The van der Waals surface area contributed by atoms with E-state index < -0.39 is 0 Å². The number of hydrogen-bond acceptors (Lipinski definition) is 2. The maximum atomic E-state index is 9.08. The minimum absolute atomic E-state index is 0.138. The van der Waals surface area contributed by atoms with Gasteiger partial charge >= 0.3 is 0 Å². The van der Waals surface area contributed by atoms with Crippen molar-refractivity contribution in [1.82, 2.24) is 0 Å². The largest absolute Gasteiger partial charge is 0.366 e. The van der Waals surface area contributed by atoms with E-state index >= 15 is 0 Å². The zero-order valence-electron chi connectivity index (χ0n) is 11.4. The molecule has 0 N–H and O–H groups in total. The van der Waals surface area contributed by atoms with Crippen molar-refractivity contribution in [2.45, 2.75) is 45.6 Å². The van der Waals surface area contributed by atoms with Crippen LogP contribution in [-0.4, -0.2) is 12.1 Å². The topological polar surface area (TPSA) is 27.0 Å². The summed E-state index contributed by atoms with van der Waals surface area (Å²) >= 11 is 6.18. The maximum Gasteiger partial charge on any atom is 0.101 e. The molecular weight excluding hydrogens is 244 g/mol. The fourth-order valence-corrected chi connectivity index (χ4v) is 3.39. The molecule has 1 aliphatic rings. The molecule has 0 bridgehead atoms. The Kier molecular flexibility index (Phi) is 3.29. The Morgan fingerprint density at radius 3 is 2.72 bits per heavy atom. The zero-order valence-corrected chi connectivity index (χ0v) is 12.2. The molecule has 0 aromatic heterocycles. The summed E-state index contributed by atoms with van der Waals surface area (Å²) in [6.45, 7) is 9.87. The standard InChI is InChI=1S/C15H19ClN2/c1-5-18-14-7-13(16)11(9-17)6-12(14)10(2)8-15(18,3)4/h6-7,10H,5,8H2,1-4H3/t10-/m1/s1. The van der Waals surface area contributed by atoms with E-state index in [1.54, 1.807) is 0 Å². The quantitative estimate of drug-likeness (QED) is 0.753. The molecule has 0 spiro atoms. The molecule has 1 heterocycles. The Bertz CT molecular complexity index is 514. The Hall–Kier alpha value is -1.20. The van der Waals surface area contributed by atoms with Gasteiger partial charge in [-0.3, -0.25) is 0 Å². The van der Waals surface area contributed by atoms with Gasteiger partial charge in [0.15, 0.2) is 0 Å². The lowest BCUT2D eigenvalue weighted by Crippen LogP contribution is -2.48. The van der Waals surface area contributed by atoms with Gasteiger partial charge in [0.05, 0.1) is 10.6 Å². The van der Waals surface area contributed by atoms with Gasteiger partial charge in [-0.25, -0.2) is 0 Å². The fraction of sp³-hybridized carbons (Fsp3) is 0.533. The first kappa shape index (κ1) is 13.2. The van der Waals surface area contributed by atoms with Crippen molar-refractivity contribution in [1.29, 1.82) is 5.26 Å². The number of hydrogen-bond donors (Lipinski definition) is 0. The number of rotatable bonds is 1. The van der Waals surface area contributed by atoms with Crippen LogP contribution in [0.2, 0.25) is 5.02 Å². The molecule has 1 aromatic rings. The SMILES string of the molecule is CCN1c2cc(Cl)c(C#N)cc2[C@H](C)CC1(C)C. The summed E-state index contributed by atoms with van der Waals surface area (Å²) in [5.41, 5.74) is 3.15. The second-order valence-electron chi connectivity index (χ2n) is 5.66. The normalized spacial score (nSPS) is 21.3. The molecule has 1 aromatic carbocycles. The minimum Gasteiger partial charge on any atom is -0.366 e. The molecule has 0 unspecified atom stereocenters. The first-order valence-electron chi connectivity index (χ1n) is 6.42. The van der Waals surface area contributed by atoms with E-state index in [4.69, 9.17) is 16.9 Å². The predicted octanol–water partition coefficient (Wildman–Crippen LogP) is 4.32. The average molecular weight is 263 g/mol. The van der Waals surface area contributed by atoms with E-state index in [-0.39, 0.29) is 5.54 Å². The molecule has 0 saturated heterocycles. The monoisotopic (exact) mass is 262 g/mol. The van der Waals surface area contributed by atoms with E-state index in [1.807, 2.05) is 12.1 Å². The summed E-state index contributed by atoms with van der Waals surface area (Å²) in [5.74, 6) is 0.460. The van der Waals surface area contributed by atoms with E-state index in [0.717, 1.165) is 13.0 Å². The van der Waals surface area contributed by atoms with Crippen LogP contribution in [0.3, 0.4) is 0 Å². The van der Waals surface area contributed by atoms with Crippen LogP contribution in [0.5, 0.6) is 0 Å². The Morgan fingerprint density at radius 2 is 2.17 bits per heavy atom. The summed E-state index contributed by atoms with van der Waals surface area (Å²) in [7, 11) is 0. The van der Waals surface area contributed by atoms with Gasteiger partial charge < -0.3 is 4.90 Å². The lowest BCUT2D eigenvalue weighted by molar-refractivity contribution is 0.381. The predicted molar refractivity (Wildman–Crippen MR) is 76.3 cm³/mol. The molecule has 2 rings (SSSR count). The highest BCUT2D eigenvalue weighted by Gasteiger charge is 2.35. The molecule has 1 aliphatic heterocycles. The lowest BCUT2D eigenvalue weighted by atomic mass is 9.79. The summed E-state index contributed by atoms with van der Waals surface area (Å²) < 4.78 is 0. The van der Waals surface area contributed by atoms with E-state index in [9.17, 15) is 0 Å². The van der Waals surface area contributed by atoms with E-state index in [2.05, 4.69) is 38.7 Å². The van der Waals surface area contributed by atoms with Crippen molar-refractivity contribution in [3.8, 4) is 6.07 Å². The summed E-state index contributed by atoms with van der Waals surface area (Å²) in [5, 5.41) is 9.64. The molecule has 3 heteroatoms. The van der Waals surface area contributed by atoms with Crippen LogP contribution >= 0.6 is 11.6 Å². The van der Waals surface area contributed by atoms with Gasteiger partial charge in [-0.1, -0.05) is 18.5 Å². The first-order valence-corrected chi connectivity index (χ1v) is 6.79. The number of benzene rings is 1. The smallest absolute Gasteiger partial charge is 0.101 e. The number of halogens is 1. The zero-order chi connectivity index (χ0) is 13.5. The van der Waals surface area contributed by atoms with Crippen molar-refractivity contribution >= 4 is 17.3 Å². The van der Waals surface area contributed by atoms with Gasteiger partial charge in [0.1, 0.15) is 6.07 Å². The molecule has 0 fully saturated rings. The number of anilines is 1. The van der Waals surface area contributed by atoms with Crippen molar-refractivity contribution < 1.29 is 0 Å². The third-order valence-electron chi connectivity index (χ3n) is 3.91. The Labute approximate surface area is 114 Å². The molecule has 0 saturated carbocycles. The van der Waals surface area contributed by atoms with Crippen LogP contribution in [0.25, 0.3) is 0 Å². The molecule has 0 aliphatic carbocycles. The van der Waals surface area contributed by atoms with Crippen molar-refractivity contribution in [3.63, 3.8) is 0 Å². The lowest BCUT2D eigenvalue weighted by Gasteiger charge is -2.47. The molecule has 0 amide bonds. The van der Waals surface area contributed by atoms with Crippen LogP contribution in [0.1, 0.15) is 51.2 Å². The van der Waals surface area contributed by atoms with Gasteiger partial charge in [-0.15, -0.1) is 0 Å². The van der Waals surface area contributed by atoms with Crippen molar-refractivity contribution in [3.05, 3.63) is 28.3 Å². The second kappa shape index (κ2) is 4.48. The van der Waals surface area contributed by atoms with Crippen LogP contribution in [0, 0.1) is 11.3 Å². The van der Waals surface area contributed by atoms with Crippen LogP contribution in [0.15, 0.2) is 12.1 Å². The van der Waals surface area contributed by atoms with Crippen LogP contribution in [-0.2, 0) is 0 Å². The van der Waals surface area contributed by atoms with Crippen LogP contribution < -0.4 is 4.90 Å². The summed E-state index contributed by atoms with van der Waals surface area (Å²) in [6, 6.07) is 6.08. The Balaban J connectivity index is 2.63. The van der Waals surface area contributed by atoms with Gasteiger partial charge in [0, 0.05) is 17.8 Å². The van der Waals surface area contributed by atoms with Crippen molar-refractivity contribution in [2.75, 3.05) is 11.4 Å². The molecule has 96 valence electrons. The molecule has 2 nitrogen and oxygen atoms in total. The Morgan fingerprint density at radius 1 is 1.50 bits per heavy atom. The first-order chi connectivity index (χ1) is 8.40. The number of nitrogens with zero attached hydrogens (tertiary/aromatic N) is 2. The molecule has 1 atom stereocenters. The second-order valence-corrected chi connectivity index (χ2v) is 6.07. The third kappa shape index (κ3) is 1.97. The van der Waals surface area contributed by atoms with Gasteiger partial charge in [-0.2, -0.15) is 5.26 Å². The minimum atomic E-state index is 0.138. The van der Waals surface area contributed by atoms with E-state index in [0.29, 0.717) is 16.5 Å². The van der Waals surface area contributed by atoms with E-state index in [1.165, 1.54) is 11.3 Å². The van der Waals surface area contributed by atoms with Gasteiger partial charge in [0.25, 0.3) is 0 Å². The third-order valence-corrected chi connectivity index (χ3v) is 4.22. The summed E-state index contributed by atoms with van der Waals surface area (Å²) in [4.78, 5) is 2.38. The highest BCUT2D eigenvalue weighted by Crippen LogP contribution is 2.44. The fourth-order valence-electron chi connectivity index (χ4n) is 3.19. The van der Waals surface area contributed by atoms with Crippen molar-refractivity contribution in [2.24, 2.45) is 0 Å². The summed E-state index contributed by atoms with van der Waals surface area (Å²) in [6.07, 6.45) is 1.10. The maximum absolute atomic E-state index is 9.08. The van der Waals surface area contributed by atoms with Gasteiger partial charge in [-0.05, 0) is 50.8 Å². The highest BCUT2D eigenvalue weighted by molar-refractivity contribution is 6.32. The average Bonchev–Trinajstić information content (AvgIpc) is 2.27. The number of nitriles is 1. The highest BCUT2D eigenvalue weighted by atomic mass is 35.5. The van der Waals surface area contributed by atoms with Gasteiger partial charge in [0.2, 0.25) is 0 Å². The number of fused-ring (bicyclic) bond motifs is 1.